The number of aromatic nitrogens is 3. The van der Waals surface area contributed by atoms with Gasteiger partial charge in [-0.1, -0.05) is 65.9 Å². The molecular weight excluding hydrogens is 446 g/mol. The van der Waals surface area contributed by atoms with Gasteiger partial charge in [0.2, 0.25) is 0 Å². The fraction of sp³-hybridized carbons (Fsp3) is 0.154. The maximum absolute atomic E-state index is 12.4. The van der Waals surface area contributed by atoms with E-state index in [-0.39, 0.29) is 11.7 Å². The van der Waals surface area contributed by atoms with Gasteiger partial charge in [-0.25, -0.2) is 5.43 Å². The molecular formula is C26H25N5O2S. The number of nitrogens with one attached hydrogen (secondary N) is 1. The highest BCUT2D eigenvalue weighted by Gasteiger charge is 2.17. The van der Waals surface area contributed by atoms with Gasteiger partial charge < -0.3 is 4.74 Å². The van der Waals surface area contributed by atoms with E-state index in [0.29, 0.717) is 11.0 Å². The number of ether oxygens (including phenoxy) is 1. The second kappa shape index (κ2) is 10.8. The standard InChI is InChI=1S/C26H25N5O2S/c1-18-8-10-20(11-9-18)25-29-30-26(31(25)22-12-14-23(33-3)15-13-22)34-17-24(32)28-27-16-21-7-5-4-6-19(21)2/h4-16H,17H2,1-3H3,(H,28,32). The molecule has 172 valence electrons. The van der Waals surface area contributed by atoms with E-state index in [4.69, 9.17) is 4.74 Å². The third-order valence-electron chi connectivity index (χ3n) is 5.19. The van der Waals surface area contributed by atoms with Gasteiger partial charge in [-0.15, -0.1) is 10.2 Å². The minimum atomic E-state index is -0.226. The molecule has 0 radical (unpaired) electrons. The van der Waals surface area contributed by atoms with E-state index in [2.05, 4.69) is 20.7 Å². The number of carbonyl (C=O) groups is 1. The Balaban J connectivity index is 1.53. The summed E-state index contributed by atoms with van der Waals surface area (Å²) in [5.41, 5.74) is 7.61. The predicted octanol–water partition coefficient (Wildman–Crippen LogP) is 4.80. The first-order valence-corrected chi connectivity index (χ1v) is 11.7. The van der Waals surface area contributed by atoms with Gasteiger partial charge in [0.05, 0.1) is 19.1 Å². The van der Waals surface area contributed by atoms with E-state index in [1.54, 1.807) is 13.3 Å². The molecule has 0 fully saturated rings. The van der Waals surface area contributed by atoms with Crippen molar-refractivity contribution < 1.29 is 9.53 Å². The summed E-state index contributed by atoms with van der Waals surface area (Å²) in [4.78, 5) is 12.4. The van der Waals surface area contributed by atoms with E-state index in [1.807, 2.05) is 91.2 Å². The predicted molar refractivity (Wildman–Crippen MR) is 136 cm³/mol. The van der Waals surface area contributed by atoms with Crippen molar-refractivity contribution in [2.24, 2.45) is 5.10 Å². The van der Waals surface area contributed by atoms with E-state index in [0.717, 1.165) is 33.7 Å². The van der Waals surface area contributed by atoms with Crippen LogP contribution in [0.4, 0.5) is 0 Å². The monoisotopic (exact) mass is 471 g/mol. The van der Waals surface area contributed by atoms with Crippen molar-refractivity contribution in [2.75, 3.05) is 12.9 Å². The first kappa shape index (κ1) is 23.3. The van der Waals surface area contributed by atoms with Crippen molar-refractivity contribution in [3.8, 4) is 22.8 Å². The Hall–Kier alpha value is -3.91. The molecule has 7 nitrogen and oxygen atoms in total. The van der Waals surface area contributed by atoms with Gasteiger partial charge in [0.25, 0.3) is 5.91 Å². The molecule has 0 aliphatic heterocycles. The number of thioether (sulfide) groups is 1. The van der Waals surface area contributed by atoms with Crippen molar-refractivity contribution in [1.82, 2.24) is 20.2 Å². The molecule has 0 aliphatic carbocycles. The van der Waals surface area contributed by atoms with Crippen LogP contribution in [0.3, 0.4) is 0 Å². The Kier molecular flexibility index (Phi) is 7.39. The molecule has 0 saturated heterocycles. The molecule has 3 aromatic carbocycles. The highest BCUT2D eigenvalue weighted by molar-refractivity contribution is 7.99. The lowest BCUT2D eigenvalue weighted by Crippen LogP contribution is -2.20. The first-order chi connectivity index (χ1) is 16.5. The number of methoxy groups -OCH3 is 1. The summed E-state index contributed by atoms with van der Waals surface area (Å²) in [6.45, 7) is 4.04. The second-order valence-electron chi connectivity index (χ2n) is 7.64. The van der Waals surface area contributed by atoms with Crippen LogP contribution in [0.5, 0.6) is 5.75 Å². The van der Waals surface area contributed by atoms with Gasteiger partial charge in [0.1, 0.15) is 5.75 Å². The Morgan fingerprint density at radius 2 is 1.76 bits per heavy atom. The zero-order valence-corrected chi connectivity index (χ0v) is 20.0. The van der Waals surface area contributed by atoms with Gasteiger partial charge in [-0.2, -0.15) is 5.10 Å². The quantitative estimate of drug-likeness (QED) is 0.227. The molecule has 4 rings (SSSR count). The van der Waals surface area contributed by atoms with Crippen LogP contribution in [-0.4, -0.2) is 39.7 Å². The van der Waals surface area contributed by atoms with Gasteiger partial charge >= 0.3 is 0 Å². The lowest BCUT2D eigenvalue weighted by atomic mass is 10.1. The number of hydrogen-bond acceptors (Lipinski definition) is 6. The summed E-state index contributed by atoms with van der Waals surface area (Å²) in [5.74, 6) is 1.38. The first-order valence-electron chi connectivity index (χ1n) is 10.7. The molecule has 0 aliphatic rings. The number of rotatable bonds is 8. The summed E-state index contributed by atoms with van der Waals surface area (Å²) in [7, 11) is 1.63. The van der Waals surface area contributed by atoms with E-state index in [1.165, 1.54) is 11.8 Å². The lowest BCUT2D eigenvalue weighted by molar-refractivity contribution is -0.118. The number of amides is 1. The van der Waals surface area contributed by atoms with Gasteiger partial charge in [-0.05, 0) is 49.2 Å². The minimum Gasteiger partial charge on any atom is -0.497 e. The van der Waals surface area contributed by atoms with Gasteiger partial charge in [0, 0.05) is 11.3 Å². The largest absolute Gasteiger partial charge is 0.497 e. The molecule has 0 spiro atoms. The molecule has 1 aromatic heterocycles. The number of aryl methyl sites for hydroxylation is 2. The number of carbonyl (C=O) groups excluding carboxylic acids is 1. The second-order valence-corrected chi connectivity index (χ2v) is 8.59. The third-order valence-corrected chi connectivity index (χ3v) is 6.12. The van der Waals surface area contributed by atoms with Gasteiger partial charge in [-0.3, -0.25) is 9.36 Å². The number of hydrazone groups is 1. The molecule has 0 bridgehead atoms. The lowest BCUT2D eigenvalue weighted by Gasteiger charge is -2.11. The molecule has 4 aromatic rings. The van der Waals surface area contributed by atoms with E-state index >= 15 is 0 Å². The van der Waals surface area contributed by atoms with Crippen LogP contribution in [0.15, 0.2) is 83.1 Å². The Bertz CT molecular complexity index is 1300. The normalized spacial score (nSPS) is 11.0. The summed E-state index contributed by atoms with van der Waals surface area (Å²) < 4.78 is 7.23. The van der Waals surface area contributed by atoms with Crippen molar-refractivity contribution in [1.29, 1.82) is 0 Å². The maximum Gasteiger partial charge on any atom is 0.250 e. The maximum atomic E-state index is 12.4. The van der Waals surface area contributed by atoms with Crippen LogP contribution in [0.25, 0.3) is 17.1 Å². The Morgan fingerprint density at radius 1 is 1.03 bits per heavy atom. The number of benzene rings is 3. The zero-order valence-electron chi connectivity index (χ0n) is 19.2. The van der Waals surface area contributed by atoms with Crippen LogP contribution in [0.1, 0.15) is 16.7 Å². The van der Waals surface area contributed by atoms with Crippen molar-refractivity contribution in [3.05, 3.63) is 89.5 Å². The third kappa shape index (κ3) is 5.52. The van der Waals surface area contributed by atoms with Gasteiger partial charge in [0.15, 0.2) is 11.0 Å². The molecule has 1 N–H and O–H groups in total. The van der Waals surface area contributed by atoms with Crippen LogP contribution in [0, 0.1) is 13.8 Å². The smallest absolute Gasteiger partial charge is 0.250 e. The van der Waals surface area contributed by atoms with Crippen LogP contribution in [0.2, 0.25) is 0 Å². The van der Waals surface area contributed by atoms with Crippen molar-refractivity contribution in [3.63, 3.8) is 0 Å². The summed E-state index contributed by atoms with van der Waals surface area (Å²) in [6.07, 6.45) is 1.65. The molecule has 0 unspecified atom stereocenters. The molecule has 1 heterocycles. The minimum absolute atomic E-state index is 0.146. The fourth-order valence-corrected chi connectivity index (χ4v) is 4.03. The average Bonchev–Trinajstić information content (AvgIpc) is 3.28. The van der Waals surface area contributed by atoms with E-state index in [9.17, 15) is 4.79 Å². The van der Waals surface area contributed by atoms with Crippen LogP contribution < -0.4 is 10.2 Å². The van der Waals surface area contributed by atoms with E-state index < -0.39 is 0 Å². The van der Waals surface area contributed by atoms with Crippen molar-refractivity contribution in [2.45, 2.75) is 19.0 Å². The highest BCUT2D eigenvalue weighted by atomic mass is 32.2. The average molecular weight is 472 g/mol. The zero-order chi connectivity index (χ0) is 23.9. The van der Waals surface area contributed by atoms with Crippen molar-refractivity contribution >= 4 is 23.9 Å². The van der Waals surface area contributed by atoms with Crippen LogP contribution in [-0.2, 0) is 4.79 Å². The Morgan fingerprint density at radius 3 is 2.47 bits per heavy atom. The molecule has 0 saturated carbocycles. The highest BCUT2D eigenvalue weighted by Crippen LogP contribution is 2.29. The topological polar surface area (TPSA) is 81.4 Å². The Labute approximate surface area is 202 Å². The summed E-state index contributed by atoms with van der Waals surface area (Å²) >= 11 is 1.30. The SMILES string of the molecule is COc1ccc(-n2c(SCC(=O)NN=Cc3ccccc3C)nnc2-c2ccc(C)cc2)cc1. The summed E-state index contributed by atoms with van der Waals surface area (Å²) in [5, 5.41) is 13.5. The fourth-order valence-electron chi connectivity index (χ4n) is 3.28. The molecule has 1 amide bonds. The molecule has 8 heteroatoms. The summed E-state index contributed by atoms with van der Waals surface area (Å²) in [6, 6.07) is 23.6. The number of nitrogens with zero attached hydrogens (tertiary/aromatic N) is 4. The van der Waals surface area contributed by atoms with Crippen LogP contribution >= 0.6 is 11.8 Å². The number of hydrogen-bond donors (Lipinski definition) is 1. The molecule has 0 atom stereocenters. The molecule has 34 heavy (non-hydrogen) atoms.